The number of hydrogen-bond donors (Lipinski definition) is 1. The lowest BCUT2D eigenvalue weighted by Gasteiger charge is -2.21. The molecule has 1 aromatic rings. The zero-order chi connectivity index (χ0) is 14.6. The first-order valence-electron chi connectivity index (χ1n) is 5.59. The second kappa shape index (κ2) is 6.29. The van der Waals surface area contributed by atoms with Crippen LogP contribution in [-0.4, -0.2) is 31.5 Å². The molecule has 0 aromatic heterocycles. The van der Waals surface area contributed by atoms with E-state index in [4.69, 9.17) is 5.73 Å². The van der Waals surface area contributed by atoms with Gasteiger partial charge >= 0.3 is 6.18 Å². The van der Waals surface area contributed by atoms with Gasteiger partial charge in [0.15, 0.2) is 0 Å². The van der Waals surface area contributed by atoms with Gasteiger partial charge in [0.2, 0.25) is 0 Å². The van der Waals surface area contributed by atoms with Gasteiger partial charge in [0.05, 0.1) is 12.1 Å². The molecule has 0 spiro atoms. The Morgan fingerprint density at radius 3 is 2.05 bits per heavy atom. The van der Waals surface area contributed by atoms with Crippen LogP contribution in [0, 0.1) is 0 Å². The van der Waals surface area contributed by atoms with E-state index in [0.717, 1.165) is 12.1 Å². The van der Waals surface area contributed by atoms with Crippen molar-refractivity contribution >= 4 is 0 Å². The van der Waals surface area contributed by atoms with Gasteiger partial charge in [-0.25, -0.2) is 8.78 Å². The van der Waals surface area contributed by atoms with Crippen molar-refractivity contribution in [2.45, 2.75) is 18.6 Å². The van der Waals surface area contributed by atoms with Gasteiger partial charge in [-0.15, -0.1) is 0 Å². The van der Waals surface area contributed by atoms with Crippen molar-refractivity contribution < 1.29 is 22.0 Å². The van der Waals surface area contributed by atoms with Gasteiger partial charge in [0.1, 0.15) is 0 Å². The highest BCUT2D eigenvalue weighted by Crippen LogP contribution is 2.29. The average Bonchev–Trinajstić information content (AvgIpc) is 2.26. The van der Waals surface area contributed by atoms with Crippen molar-refractivity contribution in [1.82, 2.24) is 4.90 Å². The monoisotopic (exact) mass is 282 g/mol. The molecule has 0 bridgehead atoms. The Morgan fingerprint density at radius 1 is 1.11 bits per heavy atom. The molecule has 0 aliphatic rings. The van der Waals surface area contributed by atoms with Crippen LogP contribution >= 0.6 is 0 Å². The fraction of sp³-hybridized carbons (Fsp3) is 0.500. The topological polar surface area (TPSA) is 29.3 Å². The lowest BCUT2D eigenvalue weighted by atomic mass is 10.0. The fourth-order valence-electron chi connectivity index (χ4n) is 1.67. The van der Waals surface area contributed by atoms with Gasteiger partial charge in [-0.3, -0.25) is 4.90 Å². The maximum absolute atomic E-state index is 12.4. The highest BCUT2D eigenvalue weighted by molar-refractivity contribution is 5.26. The highest BCUT2D eigenvalue weighted by Gasteiger charge is 2.30. The standard InChI is InChI=1S/C12H15F5N2/c1-19(7-11(13)14)6-10(18)8-2-4-9(5-3-8)12(15,16)17/h2-5,10-11H,6-7,18H2,1H3. The van der Waals surface area contributed by atoms with Crippen LogP contribution in [-0.2, 0) is 6.18 Å². The van der Waals surface area contributed by atoms with Gasteiger partial charge in [-0.05, 0) is 24.7 Å². The number of nitrogens with two attached hydrogens (primary N) is 1. The first-order chi connectivity index (χ1) is 8.70. The van der Waals surface area contributed by atoms with Crippen LogP contribution < -0.4 is 5.73 Å². The third kappa shape index (κ3) is 5.12. The van der Waals surface area contributed by atoms with Crippen molar-refractivity contribution in [1.29, 1.82) is 0 Å². The van der Waals surface area contributed by atoms with Crippen molar-refractivity contribution in [3.63, 3.8) is 0 Å². The lowest BCUT2D eigenvalue weighted by molar-refractivity contribution is -0.137. The molecule has 7 heteroatoms. The molecule has 0 amide bonds. The van der Waals surface area contributed by atoms with Crippen molar-refractivity contribution in [2.24, 2.45) is 5.73 Å². The number of benzene rings is 1. The van der Waals surface area contributed by atoms with E-state index in [2.05, 4.69) is 0 Å². The molecule has 0 saturated heterocycles. The van der Waals surface area contributed by atoms with Crippen molar-refractivity contribution in [3.8, 4) is 0 Å². The molecular weight excluding hydrogens is 267 g/mol. The summed E-state index contributed by atoms with van der Waals surface area (Å²) in [6.45, 7) is -0.274. The Hall–Kier alpha value is -1.21. The summed E-state index contributed by atoms with van der Waals surface area (Å²) in [6.07, 6.45) is -6.86. The lowest BCUT2D eigenvalue weighted by Crippen LogP contribution is -2.32. The summed E-state index contributed by atoms with van der Waals surface area (Å²) in [6, 6.07) is 3.80. The first kappa shape index (κ1) is 15.8. The molecular formula is C12H15F5N2. The highest BCUT2D eigenvalue weighted by atomic mass is 19.4. The van der Waals surface area contributed by atoms with Gasteiger partial charge in [-0.1, -0.05) is 12.1 Å². The molecule has 0 heterocycles. The van der Waals surface area contributed by atoms with Crippen LogP contribution in [0.3, 0.4) is 0 Å². The van der Waals surface area contributed by atoms with Gasteiger partial charge in [0, 0.05) is 12.6 Å². The Kier molecular flexibility index (Phi) is 5.25. The molecule has 1 rings (SSSR count). The second-order valence-corrected chi connectivity index (χ2v) is 4.34. The average molecular weight is 282 g/mol. The van der Waals surface area contributed by atoms with Crippen LogP contribution in [0.5, 0.6) is 0 Å². The molecule has 0 aliphatic carbocycles. The van der Waals surface area contributed by atoms with Crippen LogP contribution in [0.15, 0.2) is 24.3 Å². The van der Waals surface area contributed by atoms with Crippen LogP contribution in [0.2, 0.25) is 0 Å². The minimum atomic E-state index is -4.39. The molecule has 0 saturated carbocycles. The minimum absolute atomic E-state index is 0.149. The number of nitrogens with zero attached hydrogens (tertiary/aromatic N) is 1. The van der Waals surface area contributed by atoms with Crippen LogP contribution in [0.1, 0.15) is 17.2 Å². The van der Waals surface area contributed by atoms with E-state index in [1.165, 1.54) is 24.1 Å². The Morgan fingerprint density at radius 2 is 1.63 bits per heavy atom. The largest absolute Gasteiger partial charge is 0.416 e. The van der Waals surface area contributed by atoms with E-state index in [9.17, 15) is 22.0 Å². The third-order valence-corrected chi connectivity index (χ3v) is 2.62. The van der Waals surface area contributed by atoms with Gasteiger partial charge < -0.3 is 5.73 Å². The van der Waals surface area contributed by atoms with Crippen molar-refractivity contribution in [2.75, 3.05) is 20.1 Å². The van der Waals surface area contributed by atoms with Crippen LogP contribution in [0.4, 0.5) is 22.0 Å². The predicted octanol–water partition coefficient (Wildman–Crippen LogP) is 2.90. The molecule has 0 radical (unpaired) electrons. The molecule has 19 heavy (non-hydrogen) atoms. The number of rotatable bonds is 5. The summed E-state index contributed by atoms with van der Waals surface area (Å²) in [5.41, 5.74) is 5.48. The van der Waals surface area contributed by atoms with Gasteiger partial charge in [0.25, 0.3) is 6.43 Å². The van der Waals surface area contributed by atoms with E-state index in [1.54, 1.807) is 0 Å². The molecule has 1 unspecified atom stereocenters. The van der Waals surface area contributed by atoms with E-state index in [-0.39, 0.29) is 6.54 Å². The summed E-state index contributed by atoms with van der Waals surface area (Å²) in [7, 11) is 1.48. The predicted molar refractivity (Wildman–Crippen MR) is 61.9 cm³/mol. The first-order valence-corrected chi connectivity index (χ1v) is 5.59. The quantitative estimate of drug-likeness (QED) is 0.841. The molecule has 1 aromatic carbocycles. The van der Waals surface area contributed by atoms with E-state index in [1.807, 2.05) is 0 Å². The smallest absolute Gasteiger partial charge is 0.323 e. The Labute approximate surface area is 108 Å². The van der Waals surface area contributed by atoms with E-state index in [0.29, 0.717) is 5.56 Å². The van der Waals surface area contributed by atoms with E-state index < -0.39 is 30.8 Å². The number of hydrogen-bond acceptors (Lipinski definition) is 2. The zero-order valence-corrected chi connectivity index (χ0v) is 10.3. The maximum atomic E-state index is 12.4. The summed E-state index contributed by atoms with van der Waals surface area (Å²) < 4.78 is 61.3. The minimum Gasteiger partial charge on any atom is -0.323 e. The number of likely N-dealkylation sites (N-methyl/N-ethyl adjacent to an activating group) is 1. The summed E-state index contributed by atoms with van der Waals surface area (Å²) in [4.78, 5) is 1.34. The molecule has 0 fully saturated rings. The maximum Gasteiger partial charge on any atom is 0.416 e. The fourth-order valence-corrected chi connectivity index (χ4v) is 1.67. The Bertz CT molecular complexity index is 388. The summed E-state index contributed by atoms with van der Waals surface area (Å²) in [5.74, 6) is 0. The van der Waals surface area contributed by atoms with E-state index >= 15 is 0 Å². The van der Waals surface area contributed by atoms with Crippen molar-refractivity contribution in [3.05, 3.63) is 35.4 Å². The number of alkyl halides is 5. The molecule has 1 atom stereocenters. The number of halogens is 5. The van der Waals surface area contributed by atoms with Crippen LogP contribution in [0.25, 0.3) is 0 Å². The molecule has 2 N–H and O–H groups in total. The third-order valence-electron chi connectivity index (χ3n) is 2.62. The molecule has 108 valence electrons. The zero-order valence-electron chi connectivity index (χ0n) is 10.3. The van der Waals surface area contributed by atoms with Gasteiger partial charge in [-0.2, -0.15) is 13.2 Å². The molecule has 0 aliphatic heterocycles. The summed E-state index contributed by atoms with van der Waals surface area (Å²) >= 11 is 0. The second-order valence-electron chi connectivity index (χ2n) is 4.34. The Balaban J connectivity index is 2.65. The molecule has 2 nitrogen and oxygen atoms in total. The summed E-state index contributed by atoms with van der Waals surface area (Å²) in [5, 5.41) is 0. The normalized spacial score (nSPS) is 14.2. The SMILES string of the molecule is CN(CC(F)F)CC(N)c1ccc(C(F)(F)F)cc1.